The predicted octanol–water partition coefficient (Wildman–Crippen LogP) is 1.54. The standard InChI is InChI=1S/C14H17N3O3S/c1-9-4-6-11(8-13(9)21(15,19)20)16-14(18)12-7-5-10(2)17(12)3/h4-8H,1-3H3,(H,16,18)(H2,15,19,20). The van der Waals surface area contributed by atoms with E-state index in [0.29, 0.717) is 16.9 Å². The predicted molar refractivity (Wildman–Crippen MR) is 80.7 cm³/mol. The summed E-state index contributed by atoms with van der Waals surface area (Å²) in [7, 11) is -2.03. The van der Waals surface area contributed by atoms with Gasteiger partial charge in [-0.1, -0.05) is 6.07 Å². The lowest BCUT2D eigenvalue weighted by Gasteiger charge is -2.10. The molecule has 0 saturated heterocycles. The third-order valence-corrected chi connectivity index (χ3v) is 4.41. The minimum absolute atomic E-state index is 0.00311. The number of amides is 1. The third kappa shape index (κ3) is 3.14. The van der Waals surface area contributed by atoms with Crippen LogP contribution >= 0.6 is 0 Å². The monoisotopic (exact) mass is 307 g/mol. The number of nitrogens with two attached hydrogens (primary N) is 1. The maximum Gasteiger partial charge on any atom is 0.272 e. The molecule has 0 unspecified atom stereocenters. The van der Waals surface area contributed by atoms with Gasteiger partial charge in [-0.15, -0.1) is 0 Å². The minimum Gasteiger partial charge on any atom is -0.344 e. The van der Waals surface area contributed by atoms with E-state index in [1.54, 1.807) is 36.7 Å². The van der Waals surface area contributed by atoms with Crippen LogP contribution in [0.5, 0.6) is 0 Å². The Morgan fingerprint density at radius 2 is 1.86 bits per heavy atom. The van der Waals surface area contributed by atoms with Gasteiger partial charge in [0.2, 0.25) is 10.0 Å². The van der Waals surface area contributed by atoms with Crippen molar-refractivity contribution in [3.8, 4) is 0 Å². The van der Waals surface area contributed by atoms with Gasteiger partial charge in [0.05, 0.1) is 4.90 Å². The molecule has 1 amide bonds. The number of nitrogens with one attached hydrogen (secondary N) is 1. The van der Waals surface area contributed by atoms with Gasteiger partial charge < -0.3 is 9.88 Å². The highest BCUT2D eigenvalue weighted by atomic mass is 32.2. The molecule has 0 bridgehead atoms. The second kappa shape index (κ2) is 5.34. The molecular formula is C14H17N3O3S. The van der Waals surface area contributed by atoms with Crippen LogP contribution in [-0.2, 0) is 17.1 Å². The average Bonchev–Trinajstić information content (AvgIpc) is 2.71. The lowest BCUT2D eigenvalue weighted by Crippen LogP contribution is -2.17. The van der Waals surface area contributed by atoms with Crippen molar-refractivity contribution in [2.45, 2.75) is 18.7 Å². The van der Waals surface area contributed by atoms with E-state index in [1.807, 2.05) is 13.0 Å². The number of sulfonamides is 1. The first-order valence-electron chi connectivity index (χ1n) is 6.27. The summed E-state index contributed by atoms with van der Waals surface area (Å²) < 4.78 is 24.7. The van der Waals surface area contributed by atoms with Gasteiger partial charge in [-0.2, -0.15) is 0 Å². The summed E-state index contributed by atoms with van der Waals surface area (Å²) in [5.41, 5.74) is 2.36. The molecule has 1 heterocycles. The number of hydrogen-bond donors (Lipinski definition) is 2. The van der Waals surface area contributed by atoms with Crippen LogP contribution in [0.15, 0.2) is 35.2 Å². The maximum absolute atomic E-state index is 12.2. The van der Waals surface area contributed by atoms with E-state index in [2.05, 4.69) is 5.32 Å². The van der Waals surface area contributed by atoms with E-state index in [0.717, 1.165) is 5.69 Å². The number of carbonyl (C=O) groups excluding carboxylic acids is 1. The molecule has 2 rings (SSSR count). The van der Waals surface area contributed by atoms with Gasteiger partial charge in [0.25, 0.3) is 5.91 Å². The molecule has 0 spiro atoms. The summed E-state index contributed by atoms with van der Waals surface area (Å²) in [5.74, 6) is -0.310. The zero-order chi connectivity index (χ0) is 15.8. The van der Waals surface area contributed by atoms with Crippen molar-refractivity contribution in [2.75, 3.05) is 5.32 Å². The van der Waals surface area contributed by atoms with Crippen molar-refractivity contribution in [3.05, 3.63) is 47.3 Å². The Morgan fingerprint density at radius 1 is 1.19 bits per heavy atom. The molecule has 2 aromatic rings. The molecule has 6 nitrogen and oxygen atoms in total. The van der Waals surface area contributed by atoms with Gasteiger partial charge in [-0.3, -0.25) is 4.79 Å². The van der Waals surface area contributed by atoms with Crippen molar-refractivity contribution < 1.29 is 13.2 Å². The minimum atomic E-state index is -3.82. The van der Waals surface area contributed by atoms with E-state index >= 15 is 0 Å². The first-order valence-corrected chi connectivity index (χ1v) is 7.82. The number of nitrogens with zero attached hydrogens (tertiary/aromatic N) is 1. The van der Waals surface area contributed by atoms with Crippen LogP contribution in [0.1, 0.15) is 21.7 Å². The van der Waals surface area contributed by atoms with Crippen LogP contribution in [0, 0.1) is 13.8 Å². The molecule has 0 radical (unpaired) electrons. The van der Waals surface area contributed by atoms with E-state index in [1.165, 1.54) is 6.07 Å². The number of carbonyl (C=O) groups is 1. The Morgan fingerprint density at radius 3 is 2.38 bits per heavy atom. The van der Waals surface area contributed by atoms with Crippen LogP contribution in [0.2, 0.25) is 0 Å². The summed E-state index contributed by atoms with van der Waals surface area (Å²) in [4.78, 5) is 12.2. The molecule has 0 aliphatic heterocycles. The molecule has 1 aromatic heterocycles. The first-order chi connectivity index (χ1) is 9.70. The van der Waals surface area contributed by atoms with Crippen molar-refractivity contribution in [3.63, 3.8) is 0 Å². The van der Waals surface area contributed by atoms with E-state index in [4.69, 9.17) is 5.14 Å². The van der Waals surface area contributed by atoms with Crippen LogP contribution in [-0.4, -0.2) is 18.9 Å². The summed E-state index contributed by atoms with van der Waals surface area (Å²) in [6, 6.07) is 8.14. The fourth-order valence-corrected chi connectivity index (χ4v) is 2.83. The fourth-order valence-electron chi connectivity index (χ4n) is 2.02. The second-order valence-electron chi connectivity index (χ2n) is 4.90. The number of benzene rings is 1. The molecule has 0 aliphatic carbocycles. The molecule has 0 saturated carbocycles. The van der Waals surface area contributed by atoms with Crippen molar-refractivity contribution in [2.24, 2.45) is 12.2 Å². The highest BCUT2D eigenvalue weighted by Crippen LogP contribution is 2.19. The van der Waals surface area contributed by atoms with Crippen LogP contribution in [0.25, 0.3) is 0 Å². The molecule has 3 N–H and O–H groups in total. The number of aromatic nitrogens is 1. The van der Waals surface area contributed by atoms with E-state index in [9.17, 15) is 13.2 Å². The largest absolute Gasteiger partial charge is 0.344 e. The first kappa shape index (κ1) is 15.3. The Hall–Kier alpha value is -2.12. The number of hydrogen-bond acceptors (Lipinski definition) is 3. The summed E-state index contributed by atoms with van der Waals surface area (Å²) in [6.45, 7) is 3.54. The second-order valence-corrected chi connectivity index (χ2v) is 6.43. The number of anilines is 1. The summed E-state index contributed by atoms with van der Waals surface area (Å²) >= 11 is 0. The fraction of sp³-hybridized carbons (Fsp3) is 0.214. The zero-order valence-electron chi connectivity index (χ0n) is 12.0. The molecule has 7 heteroatoms. The van der Waals surface area contributed by atoms with Gasteiger partial charge in [0.1, 0.15) is 5.69 Å². The highest BCUT2D eigenvalue weighted by molar-refractivity contribution is 7.89. The quantitative estimate of drug-likeness (QED) is 0.900. The summed E-state index contributed by atoms with van der Waals surface area (Å²) in [6.07, 6.45) is 0. The van der Waals surface area contributed by atoms with E-state index in [-0.39, 0.29) is 10.8 Å². The summed E-state index contributed by atoms with van der Waals surface area (Å²) in [5, 5.41) is 7.82. The molecule has 0 fully saturated rings. The average molecular weight is 307 g/mol. The molecule has 1 aromatic carbocycles. The number of primary sulfonamides is 1. The van der Waals surface area contributed by atoms with Crippen LogP contribution in [0.3, 0.4) is 0 Å². The SMILES string of the molecule is Cc1ccc(NC(=O)c2ccc(C)n2C)cc1S(N)(=O)=O. The van der Waals surface area contributed by atoms with Gasteiger partial charge in [-0.25, -0.2) is 13.6 Å². The molecule has 0 aliphatic rings. The van der Waals surface area contributed by atoms with Gasteiger partial charge in [0, 0.05) is 18.4 Å². The Kier molecular flexibility index (Phi) is 3.89. The normalized spacial score (nSPS) is 11.4. The lowest BCUT2D eigenvalue weighted by molar-refractivity contribution is 0.101. The molecule has 0 atom stereocenters. The Bertz CT molecular complexity index is 807. The van der Waals surface area contributed by atoms with Crippen molar-refractivity contribution in [1.29, 1.82) is 0 Å². The molecular weight excluding hydrogens is 290 g/mol. The van der Waals surface area contributed by atoms with Crippen LogP contribution < -0.4 is 10.5 Å². The molecule has 21 heavy (non-hydrogen) atoms. The van der Waals surface area contributed by atoms with E-state index < -0.39 is 10.0 Å². The maximum atomic E-state index is 12.2. The van der Waals surface area contributed by atoms with Gasteiger partial charge in [0.15, 0.2) is 0 Å². The van der Waals surface area contributed by atoms with Gasteiger partial charge in [-0.05, 0) is 43.7 Å². The third-order valence-electron chi connectivity index (χ3n) is 3.36. The smallest absolute Gasteiger partial charge is 0.272 e. The Balaban J connectivity index is 2.33. The zero-order valence-corrected chi connectivity index (χ0v) is 12.9. The lowest BCUT2D eigenvalue weighted by atomic mass is 10.2. The Labute approximate surface area is 123 Å². The van der Waals surface area contributed by atoms with Crippen LogP contribution in [0.4, 0.5) is 5.69 Å². The van der Waals surface area contributed by atoms with Gasteiger partial charge >= 0.3 is 0 Å². The topological polar surface area (TPSA) is 94.2 Å². The number of aryl methyl sites for hydroxylation is 2. The molecule has 112 valence electrons. The van der Waals surface area contributed by atoms with Crippen molar-refractivity contribution >= 4 is 21.6 Å². The number of rotatable bonds is 3. The van der Waals surface area contributed by atoms with Crippen molar-refractivity contribution in [1.82, 2.24) is 4.57 Å². The highest BCUT2D eigenvalue weighted by Gasteiger charge is 2.15.